The molecule has 0 spiro atoms. The summed E-state index contributed by atoms with van der Waals surface area (Å²) >= 11 is 0. The number of fused-ring (bicyclic) bond motifs is 5. The van der Waals surface area contributed by atoms with Crippen molar-refractivity contribution in [2.75, 3.05) is 7.11 Å². The largest absolute Gasteiger partial charge is 0.393 e. The van der Waals surface area contributed by atoms with Crippen molar-refractivity contribution in [1.29, 1.82) is 0 Å². The fourth-order valence-electron chi connectivity index (χ4n) is 8.22. The van der Waals surface area contributed by atoms with Gasteiger partial charge in [-0.25, -0.2) is 0 Å². The molecule has 2 N–H and O–H groups in total. The first-order valence-corrected chi connectivity index (χ1v) is 10.7. The molecule has 0 aliphatic heterocycles. The van der Waals surface area contributed by atoms with Crippen molar-refractivity contribution < 1.29 is 14.9 Å². The van der Waals surface area contributed by atoms with Gasteiger partial charge >= 0.3 is 0 Å². The Morgan fingerprint density at radius 1 is 1.00 bits per heavy atom. The van der Waals surface area contributed by atoms with Crippen LogP contribution in [0, 0.1) is 40.9 Å². The van der Waals surface area contributed by atoms with Crippen LogP contribution in [-0.2, 0) is 4.74 Å². The second-order valence-electron chi connectivity index (χ2n) is 10.4. The SMILES string of the molecule is CO[C@@H]1C[C@H]2C(CC[C@@H]3C[C@](C)(O)CC[C@@H]32)[C@@H]2CC[C@H](C(C)O)[C@@]12C. The molecule has 144 valence electrons. The fourth-order valence-corrected chi connectivity index (χ4v) is 8.22. The fraction of sp³-hybridized carbons (Fsp3) is 1.00. The molecule has 4 saturated carbocycles. The molecule has 0 amide bonds. The molecular formula is C22H38O3. The van der Waals surface area contributed by atoms with Gasteiger partial charge in [0.15, 0.2) is 0 Å². The summed E-state index contributed by atoms with van der Waals surface area (Å²) in [5.41, 5.74) is -0.306. The van der Waals surface area contributed by atoms with Crippen LogP contribution in [0.5, 0.6) is 0 Å². The molecule has 4 rings (SSSR count). The van der Waals surface area contributed by atoms with Crippen LogP contribution in [0.3, 0.4) is 0 Å². The lowest BCUT2D eigenvalue weighted by atomic mass is 9.48. The summed E-state index contributed by atoms with van der Waals surface area (Å²) in [5.74, 6) is 4.16. The van der Waals surface area contributed by atoms with E-state index in [2.05, 4.69) is 6.92 Å². The minimum absolute atomic E-state index is 0.136. The van der Waals surface area contributed by atoms with Crippen molar-refractivity contribution in [2.24, 2.45) is 40.9 Å². The lowest BCUT2D eigenvalue weighted by Gasteiger charge is -2.59. The monoisotopic (exact) mass is 350 g/mol. The Morgan fingerprint density at radius 2 is 1.76 bits per heavy atom. The van der Waals surface area contributed by atoms with Gasteiger partial charge in [0.25, 0.3) is 0 Å². The number of methoxy groups -OCH3 is 1. The van der Waals surface area contributed by atoms with Crippen molar-refractivity contribution in [3.63, 3.8) is 0 Å². The molecule has 25 heavy (non-hydrogen) atoms. The van der Waals surface area contributed by atoms with Crippen LogP contribution in [0.2, 0.25) is 0 Å². The lowest BCUT2D eigenvalue weighted by molar-refractivity contribution is -0.168. The highest BCUT2D eigenvalue weighted by Gasteiger charge is 2.62. The van der Waals surface area contributed by atoms with Gasteiger partial charge in [-0.05, 0) is 101 Å². The molecule has 4 aliphatic carbocycles. The highest BCUT2D eigenvalue weighted by atomic mass is 16.5. The van der Waals surface area contributed by atoms with E-state index in [1.807, 2.05) is 21.0 Å². The number of aliphatic hydroxyl groups is 2. The van der Waals surface area contributed by atoms with Crippen molar-refractivity contribution in [3.05, 3.63) is 0 Å². The molecular weight excluding hydrogens is 312 g/mol. The minimum Gasteiger partial charge on any atom is -0.393 e. The van der Waals surface area contributed by atoms with Gasteiger partial charge in [0.05, 0.1) is 17.8 Å². The summed E-state index contributed by atoms with van der Waals surface area (Å²) in [5, 5.41) is 21.0. The summed E-state index contributed by atoms with van der Waals surface area (Å²) < 4.78 is 6.10. The maximum absolute atomic E-state index is 10.5. The zero-order chi connectivity index (χ0) is 18.0. The minimum atomic E-state index is -0.442. The average Bonchev–Trinajstić information content (AvgIpc) is 2.90. The van der Waals surface area contributed by atoms with E-state index in [0.717, 1.165) is 37.0 Å². The van der Waals surface area contributed by atoms with Gasteiger partial charge in [0.1, 0.15) is 0 Å². The first kappa shape index (κ1) is 18.3. The molecule has 0 heterocycles. The van der Waals surface area contributed by atoms with Crippen molar-refractivity contribution in [1.82, 2.24) is 0 Å². The van der Waals surface area contributed by atoms with Crippen LogP contribution in [0.4, 0.5) is 0 Å². The van der Waals surface area contributed by atoms with Gasteiger partial charge < -0.3 is 14.9 Å². The molecule has 10 atom stereocenters. The molecule has 2 unspecified atom stereocenters. The summed E-state index contributed by atoms with van der Waals surface area (Å²) in [7, 11) is 1.89. The van der Waals surface area contributed by atoms with Crippen molar-refractivity contribution in [2.45, 2.75) is 89.9 Å². The molecule has 0 aromatic rings. The third kappa shape index (κ3) is 2.72. The molecule has 0 radical (unpaired) electrons. The van der Waals surface area contributed by atoms with E-state index < -0.39 is 5.60 Å². The highest BCUT2D eigenvalue weighted by Crippen LogP contribution is 2.65. The number of ether oxygens (including phenoxy) is 1. The molecule has 0 saturated heterocycles. The van der Waals surface area contributed by atoms with Gasteiger partial charge in [0.2, 0.25) is 0 Å². The highest BCUT2D eigenvalue weighted by molar-refractivity contribution is 5.11. The zero-order valence-corrected chi connectivity index (χ0v) is 16.6. The number of hydrogen-bond acceptors (Lipinski definition) is 3. The predicted octanol–water partition coefficient (Wildman–Crippen LogP) is 4.01. The summed E-state index contributed by atoms with van der Waals surface area (Å²) in [4.78, 5) is 0. The Bertz CT molecular complexity index is 502. The van der Waals surface area contributed by atoms with Gasteiger partial charge in [-0.2, -0.15) is 0 Å². The number of aliphatic hydroxyl groups excluding tert-OH is 1. The maximum Gasteiger partial charge on any atom is 0.0634 e. The van der Waals surface area contributed by atoms with Crippen LogP contribution in [-0.4, -0.2) is 35.1 Å². The Labute approximate surface area is 153 Å². The molecule has 0 aromatic carbocycles. The molecule has 4 fully saturated rings. The molecule has 0 bridgehead atoms. The average molecular weight is 351 g/mol. The first-order valence-electron chi connectivity index (χ1n) is 10.7. The van der Waals surface area contributed by atoms with Crippen molar-refractivity contribution in [3.8, 4) is 0 Å². The Hall–Kier alpha value is -0.120. The summed E-state index contributed by atoms with van der Waals surface area (Å²) in [6.45, 7) is 6.44. The summed E-state index contributed by atoms with van der Waals surface area (Å²) in [6, 6.07) is 0. The van der Waals surface area contributed by atoms with Crippen LogP contribution >= 0.6 is 0 Å². The van der Waals surface area contributed by atoms with E-state index in [4.69, 9.17) is 4.74 Å². The third-order valence-electron chi connectivity index (χ3n) is 9.24. The van der Waals surface area contributed by atoms with Crippen LogP contribution in [0.1, 0.15) is 72.1 Å². The van der Waals surface area contributed by atoms with E-state index in [9.17, 15) is 10.2 Å². The van der Waals surface area contributed by atoms with Gasteiger partial charge in [0, 0.05) is 12.5 Å². The van der Waals surface area contributed by atoms with Crippen LogP contribution in [0.15, 0.2) is 0 Å². The van der Waals surface area contributed by atoms with E-state index >= 15 is 0 Å². The Balaban J connectivity index is 1.62. The Morgan fingerprint density at radius 3 is 2.44 bits per heavy atom. The molecule has 0 aromatic heterocycles. The van der Waals surface area contributed by atoms with Crippen LogP contribution in [0.25, 0.3) is 0 Å². The van der Waals surface area contributed by atoms with E-state index in [1.165, 1.54) is 32.1 Å². The quantitative estimate of drug-likeness (QED) is 0.791. The normalized spacial score (nSPS) is 56.6. The van der Waals surface area contributed by atoms with Gasteiger partial charge in [-0.3, -0.25) is 0 Å². The number of rotatable bonds is 2. The molecule has 4 aliphatic rings. The third-order valence-corrected chi connectivity index (χ3v) is 9.24. The van der Waals surface area contributed by atoms with Crippen LogP contribution < -0.4 is 0 Å². The van der Waals surface area contributed by atoms with Gasteiger partial charge in [-0.1, -0.05) is 6.92 Å². The van der Waals surface area contributed by atoms with Gasteiger partial charge in [-0.15, -0.1) is 0 Å². The predicted molar refractivity (Wildman–Crippen MR) is 99.1 cm³/mol. The lowest BCUT2D eigenvalue weighted by Crippen LogP contribution is -2.57. The second kappa shape index (κ2) is 6.21. The topological polar surface area (TPSA) is 49.7 Å². The standard InChI is InChI=1S/C22H38O3/c1-13(23)18-7-8-19-16-6-5-14-12-21(2,24)10-9-15(14)17(16)11-20(25-4)22(18,19)3/h13-20,23-24H,5-12H2,1-4H3/t13?,14-,15+,16?,17-,18-,19+,20-,21-,22-/m1/s1. The molecule has 3 nitrogen and oxygen atoms in total. The number of hydrogen-bond donors (Lipinski definition) is 2. The summed E-state index contributed by atoms with van der Waals surface area (Å²) in [6.07, 6.45) is 9.42. The smallest absolute Gasteiger partial charge is 0.0634 e. The zero-order valence-electron chi connectivity index (χ0n) is 16.6. The maximum atomic E-state index is 10.5. The van der Waals surface area contributed by atoms with E-state index in [1.54, 1.807) is 0 Å². The van der Waals surface area contributed by atoms with Crippen molar-refractivity contribution >= 4 is 0 Å². The molecule has 3 heteroatoms. The van der Waals surface area contributed by atoms with E-state index in [0.29, 0.717) is 17.8 Å². The second-order valence-corrected chi connectivity index (χ2v) is 10.4. The van der Waals surface area contributed by atoms with E-state index in [-0.39, 0.29) is 17.6 Å². The Kier molecular flexibility index (Phi) is 4.53. The first-order chi connectivity index (χ1) is 11.8.